The average molecular weight is 672 g/mol. The van der Waals surface area contributed by atoms with Gasteiger partial charge < -0.3 is 38.6 Å². The molecule has 0 spiro atoms. The maximum Gasteiger partial charge on any atom is 0.252 e. The molecule has 11 heteroatoms. The fourth-order valence-electron chi connectivity index (χ4n) is 4.89. The number of carbonyl (C=O) groups is 5. The lowest BCUT2D eigenvalue weighted by molar-refractivity contribution is -0.872. The van der Waals surface area contributed by atoms with E-state index in [4.69, 9.17) is 5.73 Å². The first-order valence-corrected chi connectivity index (χ1v) is 15.1. The minimum Gasteiger partial charge on any atom is -1.00 e. The molecule has 0 aromatic heterocycles. The Bertz CT molecular complexity index is 1310. The number of nitrogens with one attached hydrogen (secondary N) is 3. The minimum absolute atomic E-state index is 0. The summed E-state index contributed by atoms with van der Waals surface area (Å²) in [6.07, 6.45) is 0.761. The van der Waals surface area contributed by atoms with Crippen molar-refractivity contribution in [2.75, 3.05) is 34.5 Å². The summed E-state index contributed by atoms with van der Waals surface area (Å²) in [5.74, 6) is -2.25. The lowest BCUT2D eigenvalue weighted by Gasteiger charge is -2.37. The van der Waals surface area contributed by atoms with Gasteiger partial charge in [0.25, 0.3) is 5.91 Å². The van der Waals surface area contributed by atoms with Crippen molar-refractivity contribution >= 4 is 29.4 Å². The van der Waals surface area contributed by atoms with Crippen LogP contribution < -0.4 is 34.1 Å². The van der Waals surface area contributed by atoms with Gasteiger partial charge in [0, 0.05) is 33.4 Å². The second-order valence-electron chi connectivity index (χ2n) is 12.7. The summed E-state index contributed by atoms with van der Waals surface area (Å²) in [5, 5.41) is 8.36. The molecular formula is C36H54ClN5O5. The number of halogens is 1. The Morgan fingerprint density at radius 1 is 0.766 bits per heavy atom. The lowest BCUT2D eigenvalue weighted by Crippen LogP contribution is -3.00. The van der Waals surface area contributed by atoms with Crippen LogP contribution in [0.3, 0.4) is 0 Å². The highest BCUT2D eigenvalue weighted by Crippen LogP contribution is 2.40. The van der Waals surface area contributed by atoms with Crippen LogP contribution in [0.4, 0.5) is 0 Å². The van der Waals surface area contributed by atoms with Gasteiger partial charge in [-0.2, -0.15) is 0 Å². The Balaban J connectivity index is 0. The highest BCUT2D eigenvalue weighted by Gasteiger charge is 2.44. The molecule has 4 amide bonds. The summed E-state index contributed by atoms with van der Waals surface area (Å²) in [6, 6.07) is 15.1. The second-order valence-corrected chi connectivity index (χ2v) is 12.7. The Kier molecular flexibility index (Phi) is 19.8. The number of ketones is 1. The van der Waals surface area contributed by atoms with Gasteiger partial charge in [-0.3, -0.25) is 24.0 Å². The third-order valence-corrected chi connectivity index (χ3v) is 7.24. The molecule has 5 N–H and O–H groups in total. The highest BCUT2D eigenvalue weighted by molar-refractivity contribution is 6.09. The molecule has 0 aliphatic rings. The van der Waals surface area contributed by atoms with Crippen LogP contribution in [0.5, 0.6) is 0 Å². The number of rotatable bonds is 15. The molecule has 47 heavy (non-hydrogen) atoms. The molecular weight excluding hydrogens is 618 g/mol. The molecule has 2 unspecified atom stereocenters. The van der Waals surface area contributed by atoms with E-state index in [9.17, 15) is 24.0 Å². The predicted octanol–water partition coefficient (Wildman–Crippen LogP) is 1.43. The van der Waals surface area contributed by atoms with Crippen molar-refractivity contribution in [3.63, 3.8) is 0 Å². The van der Waals surface area contributed by atoms with Crippen LogP contribution in [0, 0.1) is 16.7 Å². The maximum atomic E-state index is 13.5. The maximum absolute atomic E-state index is 13.5. The first kappa shape index (κ1) is 44.8. The van der Waals surface area contributed by atoms with Crippen molar-refractivity contribution in [3.05, 3.63) is 97.6 Å². The largest absolute Gasteiger partial charge is 1.00 e. The van der Waals surface area contributed by atoms with Gasteiger partial charge in [-0.25, -0.2) is 0 Å². The van der Waals surface area contributed by atoms with E-state index in [0.717, 1.165) is 0 Å². The summed E-state index contributed by atoms with van der Waals surface area (Å²) in [7, 11) is 5.86. The summed E-state index contributed by atoms with van der Waals surface area (Å²) < 4.78 is 0.533. The fourth-order valence-corrected chi connectivity index (χ4v) is 4.89. The second kappa shape index (κ2) is 20.8. The van der Waals surface area contributed by atoms with Crippen LogP contribution in [0.25, 0.3) is 0 Å². The minimum atomic E-state index is -1.13. The van der Waals surface area contributed by atoms with Gasteiger partial charge >= 0.3 is 0 Å². The van der Waals surface area contributed by atoms with Gasteiger partial charge in [-0.15, -0.1) is 26.3 Å². The molecule has 2 rings (SSSR count). The Morgan fingerprint density at radius 2 is 1.26 bits per heavy atom. The molecule has 0 aliphatic heterocycles. The van der Waals surface area contributed by atoms with Crippen molar-refractivity contribution in [2.24, 2.45) is 22.5 Å². The van der Waals surface area contributed by atoms with Crippen LogP contribution in [0.15, 0.2) is 80.9 Å². The Morgan fingerprint density at radius 3 is 1.72 bits per heavy atom. The standard InChI is InChI=1S/C32H45N5O5.2C2H4.ClH/c1-8-22(27(33)39)18-32(4,19-31(2,3)29(41)36-21-37(5,6)7)30(42)35-20-34-28(40)25-16-14-24(15-17-25)26(38)23-12-10-9-11-13-23;2*1-2;/h9-17,22H,8,18-21H2,1-7H3,(H4-,33,34,35,36,39,40,41,42);2*1-2H2;1H. The van der Waals surface area contributed by atoms with Crippen LogP contribution >= 0.6 is 0 Å². The number of carbonyl (C=O) groups excluding carboxylic acids is 5. The fraction of sp³-hybridized carbons (Fsp3) is 0.417. The summed E-state index contributed by atoms with van der Waals surface area (Å²) in [4.78, 5) is 64.1. The number of amides is 4. The van der Waals surface area contributed by atoms with Gasteiger partial charge in [0.05, 0.1) is 27.8 Å². The molecule has 10 nitrogen and oxygen atoms in total. The highest BCUT2D eigenvalue weighted by atomic mass is 35.5. The van der Waals surface area contributed by atoms with Gasteiger partial charge in [-0.05, 0) is 31.4 Å². The zero-order valence-corrected chi connectivity index (χ0v) is 29.8. The van der Waals surface area contributed by atoms with Crippen molar-refractivity contribution < 1.29 is 40.9 Å². The van der Waals surface area contributed by atoms with Crippen LogP contribution in [0.2, 0.25) is 0 Å². The van der Waals surface area contributed by atoms with Crippen LogP contribution in [-0.4, -0.2) is 68.4 Å². The summed E-state index contributed by atoms with van der Waals surface area (Å²) >= 11 is 0. The zero-order chi connectivity index (χ0) is 35.7. The number of hydrogen-bond donors (Lipinski definition) is 4. The van der Waals surface area contributed by atoms with E-state index >= 15 is 0 Å². The van der Waals surface area contributed by atoms with Gasteiger partial charge in [0.1, 0.15) is 0 Å². The topological polar surface area (TPSA) is 147 Å². The van der Waals surface area contributed by atoms with Crippen LogP contribution in [-0.2, 0) is 14.4 Å². The number of nitrogens with zero attached hydrogens (tertiary/aromatic N) is 1. The molecule has 260 valence electrons. The van der Waals surface area contributed by atoms with E-state index in [1.54, 1.807) is 69.3 Å². The van der Waals surface area contributed by atoms with E-state index < -0.39 is 34.5 Å². The van der Waals surface area contributed by atoms with Gasteiger partial charge in [0.2, 0.25) is 17.7 Å². The molecule has 2 aromatic rings. The zero-order valence-electron chi connectivity index (χ0n) is 29.1. The number of benzene rings is 2. The number of hydrogen-bond acceptors (Lipinski definition) is 5. The smallest absolute Gasteiger partial charge is 0.252 e. The Labute approximate surface area is 287 Å². The molecule has 0 aliphatic carbocycles. The number of nitrogens with two attached hydrogens (primary N) is 1. The lowest BCUT2D eigenvalue weighted by atomic mass is 9.68. The number of quaternary nitrogens is 1. The summed E-state index contributed by atoms with van der Waals surface area (Å²) in [5.41, 5.74) is 4.88. The predicted molar refractivity (Wildman–Crippen MR) is 184 cm³/mol. The molecule has 0 fully saturated rings. The van der Waals surface area contributed by atoms with E-state index in [1.165, 1.54) is 0 Å². The van der Waals surface area contributed by atoms with Crippen molar-refractivity contribution in [2.45, 2.75) is 47.0 Å². The molecule has 2 aromatic carbocycles. The molecule has 2 atom stereocenters. The summed E-state index contributed by atoms with van der Waals surface area (Å²) in [6.45, 7) is 19.3. The molecule has 0 heterocycles. The van der Waals surface area contributed by atoms with Crippen molar-refractivity contribution in [1.82, 2.24) is 16.0 Å². The number of primary amides is 1. The van der Waals surface area contributed by atoms with E-state index in [0.29, 0.717) is 34.3 Å². The SMILES string of the molecule is C=C.C=C.CCC(CC(C)(CC(C)(C)C(=O)NC[N+](C)(C)C)C(=O)NCNC(=O)c1ccc(C(=O)c2ccccc2)cc1)C(N)=O.[Cl-]. The molecule has 0 bridgehead atoms. The van der Waals surface area contributed by atoms with Crippen molar-refractivity contribution in [3.8, 4) is 0 Å². The Hall–Kier alpha value is -4.28. The van der Waals surface area contributed by atoms with E-state index in [-0.39, 0.29) is 43.6 Å². The molecule has 0 saturated carbocycles. The average Bonchev–Trinajstić information content (AvgIpc) is 3.03. The third kappa shape index (κ3) is 14.8. The van der Waals surface area contributed by atoms with E-state index in [2.05, 4.69) is 42.3 Å². The van der Waals surface area contributed by atoms with Gasteiger partial charge in [0.15, 0.2) is 12.5 Å². The van der Waals surface area contributed by atoms with Crippen LogP contribution in [0.1, 0.15) is 73.2 Å². The van der Waals surface area contributed by atoms with Gasteiger partial charge in [-0.1, -0.05) is 70.2 Å². The molecule has 0 saturated heterocycles. The van der Waals surface area contributed by atoms with E-state index in [1.807, 2.05) is 34.1 Å². The van der Waals surface area contributed by atoms with Crippen molar-refractivity contribution in [1.29, 1.82) is 0 Å². The first-order valence-electron chi connectivity index (χ1n) is 15.1. The quantitative estimate of drug-likeness (QED) is 0.0980. The molecule has 0 radical (unpaired) electrons. The monoisotopic (exact) mass is 671 g/mol. The normalized spacial score (nSPS) is 12.5. The third-order valence-electron chi connectivity index (χ3n) is 7.24. The first-order chi connectivity index (χ1) is 21.5.